The number of ketones is 2. The van der Waals surface area contributed by atoms with Gasteiger partial charge in [0, 0.05) is 22.2 Å². The van der Waals surface area contributed by atoms with Gasteiger partial charge < -0.3 is 10.6 Å². The molecule has 10 heteroatoms. The predicted octanol–water partition coefficient (Wildman–Crippen LogP) is 4.98. The Labute approximate surface area is 190 Å². The molecule has 0 aliphatic heterocycles. The van der Waals surface area contributed by atoms with Crippen molar-refractivity contribution in [3.8, 4) is 0 Å². The lowest BCUT2D eigenvalue weighted by Gasteiger charge is -2.23. The van der Waals surface area contributed by atoms with Crippen molar-refractivity contribution in [1.82, 2.24) is 0 Å². The van der Waals surface area contributed by atoms with Crippen LogP contribution >= 0.6 is 46.4 Å². The van der Waals surface area contributed by atoms with Gasteiger partial charge in [0.2, 0.25) is 0 Å². The molecule has 30 heavy (non-hydrogen) atoms. The molecule has 1 aliphatic rings. The number of halogens is 4. The number of hydrogen-bond acceptors (Lipinski definition) is 4. The second-order valence-electron chi connectivity index (χ2n) is 5.94. The number of fused-ring (bicyclic) bond motifs is 2. The van der Waals surface area contributed by atoms with Crippen LogP contribution in [0.1, 0.15) is 31.8 Å². The number of carbonyl (C=O) groups is 4. The highest BCUT2D eigenvalue weighted by Gasteiger charge is 2.34. The molecule has 2 N–H and O–H groups in total. The molecular weight excluding hydrogens is 474 g/mol. The third kappa shape index (κ3) is 4.00. The second-order valence-corrected chi connectivity index (χ2v) is 7.19. The van der Waals surface area contributed by atoms with Crippen molar-refractivity contribution in [2.24, 2.45) is 0 Å². The fourth-order valence-electron chi connectivity index (χ4n) is 2.89. The first-order chi connectivity index (χ1) is 14.3. The molecule has 6 nitrogen and oxygen atoms in total. The number of rotatable bonds is 4. The van der Waals surface area contributed by atoms with Crippen LogP contribution in [0, 0.1) is 0 Å². The summed E-state index contributed by atoms with van der Waals surface area (Å²) < 4.78 is 0. The minimum Gasteiger partial charge on any atom is -0.320 e. The van der Waals surface area contributed by atoms with E-state index in [1.807, 2.05) is 0 Å². The summed E-state index contributed by atoms with van der Waals surface area (Å²) in [5.41, 5.74) is 1.89. The van der Waals surface area contributed by atoms with Gasteiger partial charge in [-0.1, -0.05) is 70.7 Å². The molecular formula is C20H10Cl4N2O4. The highest BCUT2D eigenvalue weighted by Crippen LogP contribution is 2.37. The topological polar surface area (TPSA) is 92.3 Å². The van der Waals surface area contributed by atoms with Crippen LogP contribution in [0.25, 0.3) is 0 Å². The van der Waals surface area contributed by atoms with Gasteiger partial charge in [0.25, 0.3) is 11.8 Å². The van der Waals surface area contributed by atoms with Crippen molar-refractivity contribution in [3.05, 3.63) is 79.8 Å². The monoisotopic (exact) mass is 482 g/mol. The van der Waals surface area contributed by atoms with Crippen LogP contribution in [-0.4, -0.2) is 23.4 Å². The zero-order valence-electron chi connectivity index (χ0n) is 14.8. The molecule has 2 amide bonds. The second kappa shape index (κ2) is 9.02. The third-order valence-corrected chi connectivity index (χ3v) is 5.42. The lowest BCUT2D eigenvalue weighted by Crippen LogP contribution is -2.26. The van der Waals surface area contributed by atoms with Crippen molar-refractivity contribution in [2.75, 3.05) is 10.6 Å². The quantitative estimate of drug-likeness (QED) is 0.512. The molecule has 3 rings (SSSR count). The van der Waals surface area contributed by atoms with Gasteiger partial charge in [0.05, 0.1) is 22.5 Å². The van der Waals surface area contributed by atoms with Gasteiger partial charge in [-0.2, -0.15) is 0 Å². The molecule has 2 aromatic carbocycles. The molecule has 0 atom stereocenters. The predicted molar refractivity (Wildman–Crippen MR) is 117 cm³/mol. The van der Waals surface area contributed by atoms with Crippen LogP contribution in [0.4, 0.5) is 11.4 Å². The summed E-state index contributed by atoms with van der Waals surface area (Å²) in [4.78, 5) is 50.7. The summed E-state index contributed by atoms with van der Waals surface area (Å²) in [6.45, 7) is 0. The lowest BCUT2D eigenvalue weighted by atomic mass is 9.82. The first kappa shape index (κ1) is 22.1. The smallest absolute Gasteiger partial charge is 0.268 e. The van der Waals surface area contributed by atoms with Crippen molar-refractivity contribution in [1.29, 1.82) is 0 Å². The van der Waals surface area contributed by atoms with Crippen LogP contribution in [0.5, 0.6) is 0 Å². The number of hydrogen-bond donors (Lipinski definition) is 2. The number of carbonyl (C=O) groups excluding carboxylic acids is 4. The molecule has 0 heterocycles. The first-order valence-corrected chi connectivity index (χ1v) is 9.83. The fourth-order valence-corrected chi connectivity index (χ4v) is 3.19. The van der Waals surface area contributed by atoms with E-state index in [1.54, 1.807) is 12.1 Å². The van der Waals surface area contributed by atoms with E-state index in [0.717, 1.165) is 11.1 Å². The number of anilines is 2. The average molecular weight is 484 g/mol. The van der Waals surface area contributed by atoms with Gasteiger partial charge in [-0.05, 0) is 12.1 Å². The Morgan fingerprint density at radius 1 is 0.700 bits per heavy atom. The Morgan fingerprint density at radius 3 is 1.40 bits per heavy atom. The maximum Gasteiger partial charge on any atom is 0.268 e. The number of nitrogens with one attached hydrogen (secondary N) is 2. The summed E-state index contributed by atoms with van der Waals surface area (Å²) in [6.07, 6.45) is 0. The van der Waals surface area contributed by atoms with Gasteiger partial charge in [-0.3, -0.25) is 19.2 Å². The normalized spacial score (nSPS) is 13.5. The SMILES string of the molecule is O=C(Nc1ccc(NC(=O)/C(Cl)=C/Cl)c2c1C(=O)c1ccccc1C2=O)/C(Cl)=C/Cl. The van der Waals surface area contributed by atoms with Gasteiger partial charge in [0.15, 0.2) is 11.6 Å². The summed E-state index contributed by atoms with van der Waals surface area (Å²) >= 11 is 22.3. The Morgan fingerprint density at radius 2 is 1.07 bits per heavy atom. The number of benzene rings is 2. The average Bonchev–Trinajstić information content (AvgIpc) is 2.76. The van der Waals surface area contributed by atoms with E-state index in [1.165, 1.54) is 24.3 Å². The van der Waals surface area contributed by atoms with E-state index >= 15 is 0 Å². The Kier molecular flexibility index (Phi) is 6.63. The van der Waals surface area contributed by atoms with Crippen LogP contribution in [-0.2, 0) is 9.59 Å². The van der Waals surface area contributed by atoms with E-state index in [0.29, 0.717) is 0 Å². The van der Waals surface area contributed by atoms with Gasteiger partial charge in [0.1, 0.15) is 10.1 Å². The Balaban J connectivity index is 2.20. The van der Waals surface area contributed by atoms with Crippen LogP contribution < -0.4 is 10.6 Å². The largest absolute Gasteiger partial charge is 0.320 e. The Hall–Kier alpha value is -2.64. The summed E-state index contributed by atoms with van der Waals surface area (Å²) in [7, 11) is 0. The molecule has 0 spiro atoms. The zero-order valence-corrected chi connectivity index (χ0v) is 17.8. The fraction of sp³-hybridized carbons (Fsp3) is 0. The highest BCUT2D eigenvalue weighted by molar-refractivity contribution is 6.48. The van der Waals surface area contributed by atoms with Crippen molar-refractivity contribution in [3.63, 3.8) is 0 Å². The van der Waals surface area contributed by atoms with Crippen LogP contribution in [0.2, 0.25) is 0 Å². The summed E-state index contributed by atoms with van der Waals surface area (Å²) in [6, 6.07) is 8.90. The van der Waals surface area contributed by atoms with Gasteiger partial charge >= 0.3 is 0 Å². The van der Waals surface area contributed by atoms with E-state index < -0.39 is 23.4 Å². The molecule has 0 saturated heterocycles. The maximum atomic E-state index is 13.2. The molecule has 0 bridgehead atoms. The summed E-state index contributed by atoms with van der Waals surface area (Å²) in [5, 5.41) is 4.25. The molecule has 0 radical (unpaired) electrons. The van der Waals surface area contributed by atoms with Crippen molar-refractivity contribution in [2.45, 2.75) is 0 Å². The van der Waals surface area contributed by atoms with Gasteiger partial charge in [-0.15, -0.1) is 0 Å². The van der Waals surface area contributed by atoms with Crippen molar-refractivity contribution >= 4 is 81.2 Å². The van der Waals surface area contributed by atoms with E-state index in [2.05, 4.69) is 10.6 Å². The third-order valence-electron chi connectivity index (χ3n) is 4.20. The Bertz CT molecular complexity index is 1080. The van der Waals surface area contributed by atoms with E-state index in [9.17, 15) is 19.2 Å². The lowest BCUT2D eigenvalue weighted by molar-refractivity contribution is -0.113. The summed E-state index contributed by atoms with van der Waals surface area (Å²) in [5.74, 6) is -2.59. The zero-order chi connectivity index (χ0) is 22.0. The minimum atomic E-state index is -0.780. The molecule has 0 saturated carbocycles. The standard InChI is InChI=1S/C20H10Cl4N2O4/c21-7-11(23)19(29)25-13-5-6-14(26-20(30)12(24)8-22)16-15(13)17(27)9-3-1-2-4-10(9)18(16)28/h1-8H,(H,25,29)(H,26,30)/b11-7-,12-8-. The minimum absolute atomic E-state index is 0.0245. The first-order valence-electron chi connectivity index (χ1n) is 8.20. The van der Waals surface area contributed by atoms with Crippen LogP contribution in [0.3, 0.4) is 0 Å². The molecule has 152 valence electrons. The molecule has 0 aromatic heterocycles. The highest BCUT2D eigenvalue weighted by atomic mass is 35.5. The van der Waals surface area contributed by atoms with E-state index in [-0.39, 0.29) is 43.7 Å². The molecule has 0 fully saturated rings. The maximum absolute atomic E-state index is 13.2. The van der Waals surface area contributed by atoms with E-state index in [4.69, 9.17) is 46.4 Å². The molecule has 0 unspecified atom stereocenters. The molecule has 1 aliphatic carbocycles. The van der Waals surface area contributed by atoms with Crippen LogP contribution in [0.15, 0.2) is 57.5 Å². The van der Waals surface area contributed by atoms with Crippen molar-refractivity contribution < 1.29 is 19.2 Å². The number of amides is 2. The van der Waals surface area contributed by atoms with Gasteiger partial charge in [-0.25, -0.2) is 0 Å². The molecule has 2 aromatic rings.